The van der Waals surface area contributed by atoms with Gasteiger partial charge in [0, 0.05) is 12.1 Å². The average molecular weight is 317 g/mol. The zero-order valence-electron chi connectivity index (χ0n) is 12.5. The Hall–Kier alpha value is -2.89. The van der Waals surface area contributed by atoms with Gasteiger partial charge in [0.05, 0.1) is 12.7 Å². The van der Waals surface area contributed by atoms with E-state index in [4.69, 9.17) is 9.84 Å². The molecule has 0 unspecified atom stereocenters. The number of hydrogen-bond donors (Lipinski definition) is 2. The zero-order valence-corrected chi connectivity index (χ0v) is 12.5. The molecule has 0 fully saturated rings. The zero-order chi connectivity index (χ0) is 16.8. The van der Waals surface area contributed by atoms with Crippen LogP contribution in [0.25, 0.3) is 0 Å². The van der Waals surface area contributed by atoms with Crippen LogP contribution >= 0.6 is 0 Å². The molecule has 0 saturated carbocycles. The van der Waals surface area contributed by atoms with Gasteiger partial charge in [-0.15, -0.1) is 0 Å². The maximum Gasteiger partial charge on any atom is 0.335 e. The molecule has 120 valence electrons. The molecule has 2 N–H and O–H groups in total. The van der Waals surface area contributed by atoms with Crippen LogP contribution < -0.4 is 10.1 Å². The molecular formula is C17H16FNO4. The van der Waals surface area contributed by atoms with E-state index in [0.29, 0.717) is 22.4 Å². The van der Waals surface area contributed by atoms with Gasteiger partial charge in [0.15, 0.2) is 0 Å². The molecule has 0 aliphatic heterocycles. The molecule has 23 heavy (non-hydrogen) atoms. The van der Waals surface area contributed by atoms with Crippen molar-refractivity contribution in [1.82, 2.24) is 5.32 Å². The fraction of sp³-hybridized carbons (Fsp3) is 0.176. The molecule has 2 aromatic rings. The molecular weight excluding hydrogens is 301 g/mol. The number of ether oxygens (including phenoxy) is 1. The number of rotatable bonds is 6. The third-order valence-corrected chi connectivity index (χ3v) is 3.39. The van der Waals surface area contributed by atoms with E-state index >= 15 is 0 Å². The molecule has 0 spiro atoms. The lowest BCUT2D eigenvalue weighted by Gasteiger charge is -2.10. The van der Waals surface area contributed by atoms with Crippen molar-refractivity contribution in [3.8, 4) is 5.75 Å². The van der Waals surface area contributed by atoms with Crippen molar-refractivity contribution in [3.05, 3.63) is 64.7 Å². The van der Waals surface area contributed by atoms with Gasteiger partial charge in [-0.3, -0.25) is 4.79 Å². The summed E-state index contributed by atoms with van der Waals surface area (Å²) in [5, 5.41) is 11.5. The molecule has 2 aromatic carbocycles. The summed E-state index contributed by atoms with van der Waals surface area (Å²) in [5.74, 6) is -0.859. The van der Waals surface area contributed by atoms with Crippen molar-refractivity contribution >= 4 is 11.9 Å². The average Bonchev–Trinajstić information content (AvgIpc) is 2.59. The van der Waals surface area contributed by atoms with Crippen LogP contribution in [0.1, 0.15) is 31.8 Å². The summed E-state index contributed by atoms with van der Waals surface area (Å²) in [6.07, 6.45) is 0. The number of carboxylic acids is 1. The summed E-state index contributed by atoms with van der Waals surface area (Å²) in [5.41, 5.74) is 1.55. The fourth-order valence-corrected chi connectivity index (χ4v) is 2.07. The Bertz CT molecular complexity index is 713. The number of nitrogens with one attached hydrogen (secondary N) is 1. The van der Waals surface area contributed by atoms with E-state index in [1.54, 1.807) is 18.2 Å². The Labute approximate surface area is 132 Å². The first-order chi connectivity index (χ1) is 11.0. The summed E-state index contributed by atoms with van der Waals surface area (Å²) in [6.45, 7) is -0.488. The maximum atomic E-state index is 13.0. The molecule has 0 atom stereocenters. The first-order valence-corrected chi connectivity index (χ1v) is 6.88. The molecule has 5 nitrogen and oxygen atoms in total. The highest BCUT2D eigenvalue weighted by atomic mass is 19.1. The van der Waals surface area contributed by atoms with E-state index < -0.39 is 12.6 Å². The van der Waals surface area contributed by atoms with Gasteiger partial charge in [-0.05, 0) is 47.5 Å². The second-order valence-corrected chi connectivity index (χ2v) is 4.83. The highest BCUT2D eigenvalue weighted by Crippen LogP contribution is 2.19. The van der Waals surface area contributed by atoms with Crippen LogP contribution in [0.3, 0.4) is 0 Å². The summed E-state index contributed by atoms with van der Waals surface area (Å²) in [4.78, 5) is 22.8. The van der Waals surface area contributed by atoms with Gasteiger partial charge in [-0.1, -0.05) is 6.07 Å². The van der Waals surface area contributed by atoms with E-state index in [0.717, 1.165) is 0 Å². The van der Waals surface area contributed by atoms with Gasteiger partial charge in [-0.25, -0.2) is 9.18 Å². The second kappa shape index (κ2) is 7.40. The number of halogens is 1. The molecule has 0 aliphatic rings. The number of benzene rings is 2. The van der Waals surface area contributed by atoms with Crippen LogP contribution in [0.2, 0.25) is 0 Å². The monoisotopic (exact) mass is 317 g/mol. The predicted molar refractivity (Wildman–Crippen MR) is 82.4 cm³/mol. The molecule has 0 aromatic heterocycles. The first-order valence-electron chi connectivity index (χ1n) is 6.88. The van der Waals surface area contributed by atoms with Crippen LogP contribution in [-0.2, 0) is 13.2 Å². The number of amides is 1. The summed E-state index contributed by atoms with van der Waals surface area (Å²) in [6, 6.07) is 10.6. The lowest BCUT2D eigenvalue weighted by Crippen LogP contribution is -2.23. The van der Waals surface area contributed by atoms with Gasteiger partial charge >= 0.3 is 5.97 Å². The Balaban J connectivity index is 2.05. The standard InChI is InChI=1S/C17H16FNO4/c1-23-15-7-6-13(14(8-15)9-18)10-19-16(20)11-2-4-12(5-3-11)17(21)22/h2-8H,9-10H2,1H3,(H,19,20)(H,21,22). The molecule has 6 heteroatoms. The van der Waals surface area contributed by atoms with Crippen LogP contribution in [0.5, 0.6) is 5.75 Å². The van der Waals surface area contributed by atoms with Crippen LogP contribution in [0, 0.1) is 0 Å². The van der Waals surface area contributed by atoms with Crippen LogP contribution in [-0.4, -0.2) is 24.1 Å². The molecule has 2 rings (SSSR count). The van der Waals surface area contributed by atoms with Crippen molar-refractivity contribution in [1.29, 1.82) is 0 Å². The van der Waals surface area contributed by atoms with E-state index in [2.05, 4.69) is 5.32 Å². The minimum atomic E-state index is -1.05. The largest absolute Gasteiger partial charge is 0.497 e. The third-order valence-electron chi connectivity index (χ3n) is 3.39. The smallest absolute Gasteiger partial charge is 0.335 e. The Morgan fingerprint density at radius 2 is 1.74 bits per heavy atom. The minimum Gasteiger partial charge on any atom is -0.497 e. The number of carbonyl (C=O) groups excluding carboxylic acids is 1. The maximum absolute atomic E-state index is 13.0. The predicted octanol–water partition coefficient (Wildman–Crippen LogP) is 2.79. The van der Waals surface area contributed by atoms with E-state index in [-0.39, 0.29) is 18.0 Å². The number of aromatic carboxylic acids is 1. The Morgan fingerprint density at radius 1 is 1.09 bits per heavy atom. The van der Waals surface area contributed by atoms with Gasteiger partial charge in [0.25, 0.3) is 5.91 Å². The highest BCUT2D eigenvalue weighted by Gasteiger charge is 2.10. The summed E-state index contributed by atoms with van der Waals surface area (Å²) in [7, 11) is 1.50. The van der Waals surface area contributed by atoms with Gasteiger partial charge < -0.3 is 15.2 Å². The Morgan fingerprint density at radius 3 is 2.30 bits per heavy atom. The number of carbonyl (C=O) groups is 2. The molecule has 0 bridgehead atoms. The summed E-state index contributed by atoms with van der Waals surface area (Å²) < 4.78 is 18.1. The van der Waals surface area contributed by atoms with E-state index in [1.165, 1.54) is 31.4 Å². The Kier molecular flexibility index (Phi) is 5.30. The van der Waals surface area contributed by atoms with Crippen molar-refractivity contribution < 1.29 is 23.8 Å². The third kappa shape index (κ3) is 4.06. The molecule has 0 saturated heterocycles. The lowest BCUT2D eigenvalue weighted by atomic mass is 10.1. The van der Waals surface area contributed by atoms with Crippen molar-refractivity contribution in [2.75, 3.05) is 7.11 Å². The molecule has 0 heterocycles. The van der Waals surface area contributed by atoms with Crippen molar-refractivity contribution in [2.45, 2.75) is 13.2 Å². The summed E-state index contributed by atoms with van der Waals surface area (Å²) >= 11 is 0. The van der Waals surface area contributed by atoms with Gasteiger partial charge in [0.1, 0.15) is 12.4 Å². The number of carboxylic acid groups (broad SMARTS) is 1. The van der Waals surface area contributed by atoms with E-state index in [9.17, 15) is 14.0 Å². The van der Waals surface area contributed by atoms with Crippen molar-refractivity contribution in [3.63, 3.8) is 0 Å². The fourth-order valence-electron chi connectivity index (χ4n) is 2.07. The van der Waals surface area contributed by atoms with Crippen LogP contribution in [0.4, 0.5) is 4.39 Å². The number of alkyl halides is 1. The quantitative estimate of drug-likeness (QED) is 0.859. The normalized spacial score (nSPS) is 10.2. The second-order valence-electron chi connectivity index (χ2n) is 4.83. The van der Waals surface area contributed by atoms with Crippen LogP contribution in [0.15, 0.2) is 42.5 Å². The number of hydrogen-bond acceptors (Lipinski definition) is 3. The minimum absolute atomic E-state index is 0.108. The van der Waals surface area contributed by atoms with Gasteiger partial charge in [0.2, 0.25) is 0 Å². The van der Waals surface area contributed by atoms with E-state index in [1.807, 2.05) is 0 Å². The highest BCUT2D eigenvalue weighted by molar-refractivity contribution is 5.95. The van der Waals surface area contributed by atoms with Gasteiger partial charge in [-0.2, -0.15) is 0 Å². The molecule has 1 amide bonds. The molecule has 0 radical (unpaired) electrons. The number of methoxy groups -OCH3 is 1. The first kappa shape index (κ1) is 16.5. The molecule has 0 aliphatic carbocycles. The topological polar surface area (TPSA) is 75.6 Å². The SMILES string of the molecule is COc1ccc(CNC(=O)c2ccc(C(=O)O)cc2)c(CF)c1. The lowest BCUT2D eigenvalue weighted by molar-refractivity contribution is 0.0696. The van der Waals surface area contributed by atoms with Crippen molar-refractivity contribution in [2.24, 2.45) is 0 Å².